The number of aryl methyl sites for hydroxylation is 1. The van der Waals surface area contributed by atoms with Crippen molar-refractivity contribution in [3.05, 3.63) is 18.0 Å². The molecular weight excluding hydrogens is 220 g/mol. The second kappa shape index (κ2) is 5.09. The zero-order valence-corrected chi connectivity index (χ0v) is 10.2. The number of rotatable bonds is 5. The molecule has 0 aromatic carbocycles. The number of hydrogen-bond donors (Lipinski definition) is 1. The molecule has 6 heteroatoms. The van der Waals surface area contributed by atoms with Gasteiger partial charge in [-0.05, 0) is 13.5 Å². The van der Waals surface area contributed by atoms with Crippen molar-refractivity contribution < 1.29 is 8.94 Å². The third-order valence-corrected chi connectivity index (χ3v) is 2.35. The average Bonchev–Trinajstić information content (AvgIpc) is 2.87. The predicted octanol–water partition coefficient (Wildman–Crippen LogP) is 1.57. The first kappa shape index (κ1) is 11.8. The largest absolute Gasteiger partial charge is 0.449 e. The van der Waals surface area contributed by atoms with E-state index in [-0.39, 0.29) is 0 Å². The van der Waals surface area contributed by atoms with Gasteiger partial charge in [0, 0.05) is 19.4 Å². The zero-order valence-electron chi connectivity index (χ0n) is 10.2. The van der Waals surface area contributed by atoms with Gasteiger partial charge < -0.3 is 14.3 Å². The van der Waals surface area contributed by atoms with Crippen molar-refractivity contribution in [2.24, 2.45) is 0 Å². The Hall–Kier alpha value is -1.69. The Morgan fingerprint density at radius 1 is 1.41 bits per heavy atom. The summed E-state index contributed by atoms with van der Waals surface area (Å²) >= 11 is 0. The van der Waals surface area contributed by atoms with Crippen LogP contribution in [0.2, 0.25) is 0 Å². The van der Waals surface area contributed by atoms with Crippen LogP contribution in [0.5, 0.6) is 0 Å². The lowest BCUT2D eigenvalue weighted by Gasteiger charge is -2.07. The molecule has 0 bridgehead atoms. The third kappa shape index (κ3) is 2.91. The van der Waals surface area contributed by atoms with Crippen LogP contribution in [0.4, 0.5) is 0 Å². The molecule has 2 aromatic rings. The standard InChI is InChI=1S/C11H16N4O2/c1-4-12-7(2)5-10-14-11(15-17-10)9-6-16-8(3)13-9/h6-7,12H,4-5H2,1-3H3. The Bertz CT molecular complexity index is 477. The van der Waals surface area contributed by atoms with Crippen molar-refractivity contribution in [3.63, 3.8) is 0 Å². The molecule has 92 valence electrons. The minimum atomic E-state index is 0.312. The maximum Gasteiger partial charge on any atom is 0.228 e. The summed E-state index contributed by atoms with van der Waals surface area (Å²) in [6.45, 7) is 6.84. The molecular formula is C11H16N4O2. The third-order valence-electron chi connectivity index (χ3n) is 2.35. The van der Waals surface area contributed by atoms with E-state index < -0.39 is 0 Å². The molecule has 0 aliphatic carbocycles. The predicted molar refractivity (Wildman–Crippen MR) is 61.4 cm³/mol. The first-order valence-electron chi connectivity index (χ1n) is 5.67. The lowest BCUT2D eigenvalue weighted by atomic mass is 10.2. The number of hydrogen-bond acceptors (Lipinski definition) is 6. The first-order valence-corrected chi connectivity index (χ1v) is 5.67. The van der Waals surface area contributed by atoms with Crippen molar-refractivity contribution in [2.45, 2.75) is 33.2 Å². The van der Waals surface area contributed by atoms with Crippen LogP contribution in [0, 0.1) is 6.92 Å². The van der Waals surface area contributed by atoms with Gasteiger partial charge in [-0.25, -0.2) is 4.98 Å². The maximum atomic E-state index is 5.16. The second-order valence-electron chi connectivity index (χ2n) is 3.93. The van der Waals surface area contributed by atoms with Gasteiger partial charge >= 0.3 is 0 Å². The van der Waals surface area contributed by atoms with Crippen molar-refractivity contribution in [3.8, 4) is 11.5 Å². The van der Waals surface area contributed by atoms with E-state index in [9.17, 15) is 0 Å². The summed E-state index contributed by atoms with van der Waals surface area (Å²) in [6.07, 6.45) is 2.23. The van der Waals surface area contributed by atoms with E-state index in [1.165, 1.54) is 6.26 Å². The molecule has 2 heterocycles. The summed E-state index contributed by atoms with van der Waals surface area (Å²) in [5, 5.41) is 7.16. The van der Waals surface area contributed by atoms with Gasteiger partial charge in [0.05, 0.1) is 0 Å². The van der Waals surface area contributed by atoms with Gasteiger partial charge in [0.2, 0.25) is 11.7 Å². The van der Waals surface area contributed by atoms with Crippen LogP contribution in [0.25, 0.3) is 11.5 Å². The molecule has 2 rings (SSSR count). The Kier molecular flexibility index (Phi) is 3.53. The number of likely N-dealkylation sites (N-methyl/N-ethyl adjacent to an activating group) is 1. The van der Waals surface area contributed by atoms with E-state index in [0.29, 0.717) is 35.8 Å². The highest BCUT2D eigenvalue weighted by atomic mass is 16.5. The quantitative estimate of drug-likeness (QED) is 0.849. The van der Waals surface area contributed by atoms with Gasteiger partial charge in [0.25, 0.3) is 0 Å². The fraction of sp³-hybridized carbons (Fsp3) is 0.545. The highest BCUT2D eigenvalue weighted by molar-refractivity contribution is 5.45. The molecule has 0 aliphatic heterocycles. The molecule has 0 saturated heterocycles. The Morgan fingerprint density at radius 2 is 2.24 bits per heavy atom. The maximum absolute atomic E-state index is 5.16. The minimum Gasteiger partial charge on any atom is -0.449 e. The highest BCUT2D eigenvalue weighted by Crippen LogP contribution is 2.15. The van der Waals surface area contributed by atoms with Gasteiger partial charge in [-0.15, -0.1) is 0 Å². The topological polar surface area (TPSA) is 77.0 Å². The lowest BCUT2D eigenvalue weighted by molar-refractivity contribution is 0.363. The van der Waals surface area contributed by atoms with Gasteiger partial charge in [-0.3, -0.25) is 0 Å². The number of oxazole rings is 1. The molecule has 6 nitrogen and oxygen atoms in total. The van der Waals surface area contributed by atoms with E-state index in [4.69, 9.17) is 8.94 Å². The van der Waals surface area contributed by atoms with E-state index in [1.807, 2.05) is 0 Å². The van der Waals surface area contributed by atoms with Crippen LogP contribution in [0.3, 0.4) is 0 Å². The second-order valence-corrected chi connectivity index (χ2v) is 3.93. The molecule has 2 aromatic heterocycles. The molecule has 17 heavy (non-hydrogen) atoms. The molecule has 0 fully saturated rings. The normalized spacial score (nSPS) is 12.9. The van der Waals surface area contributed by atoms with Crippen molar-refractivity contribution in [1.82, 2.24) is 20.4 Å². The molecule has 1 N–H and O–H groups in total. The van der Waals surface area contributed by atoms with Gasteiger partial charge in [-0.2, -0.15) is 4.98 Å². The van der Waals surface area contributed by atoms with Gasteiger partial charge in [0.15, 0.2) is 5.89 Å². The molecule has 0 aliphatic rings. The fourth-order valence-electron chi connectivity index (χ4n) is 1.59. The molecule has 0 saturated carbocycles. The van der Waals surface area contributed by atoms with Gasteiger partial charge in [0.1, 0.15) is 12.0 Å². The summed E-state index contributed by atoms with van der Waals surface area (Å²) in [6, 6.07) is 0.312. The fourth-order valence-corrected chi connectivity index (χ4v) is 1.59. The number of nitrogens with one attached hydrogen (secondary N) is 1. The van der Waals surface area contributed by atoms with Crippen LogP contribution >= 0.6 is 0 Å². The van der Waals surface area contributed by atoms with Crippen LogP contribution in [-0.2, 0) is 6.42 Å². The van der Waals surface area contributed by atoms with Crippen LogP contribution < -0.4 is 5.32 Å². The Labute approximate surface area is 99.4 Å². The SMILES string of the molecule is CCNC(C)Cc1nc(-c2coc(C)n2)no1. The summed E-state index contributed by atoms with van der Waals surface area (Å²) in [7, 11) is 0. The van der Waals surface area contributed by atoms with Crippen LogP contribution in [0.15, 0.2) is 15.2 Å². The van der Waals surface area contributed by atoms with Crippen molar-refractivity contribution in [2.75, 3.05) is 6.54 Å². The highest BCUT2D eigenvalue weighted by Gasteiger charge is 2.13. The smallest absolute Gasteiger partial charge is 0.228 e. The number of aromatic nitrogens is 3. The summed E-state index contributed by atoms with van der Waals surface area (Å²) in [5.41, 5.74) is 0.605. The molecule has 1 atom stereocenters. The minimum absolute atomic E-state index is 0.312. The first-order chi connectivity index (χ1) is 8.19. The Morgan fingerprint density at radius 3 is 2.88 bits per heavy atom. The molecule has 0 spiro atoms. The summed E-state index contributed by atoms with van der Waals surface area (Å²) < 4.78 is 10.3. The molecule has 0 radical (unpaired) electrons. The molecule has 0 amide bonds. The van der Waals surface area contributed by atoms with Crippen molar-refractivity contribution >= 4 is 0 Å². The van der Waals surface area contributed by atoms with E-state index in [2.05, 4.69) is 34.3 Å². The Balaban J connectivity index is 2.05. The van der Waals surface area contributed by atoms with E-state index >= 15 is 0 Å². The van der Waals surface area contributed by atoms with Gasteiger partial charge in [-0.1, -0.05) is 12.1 Å². The zero-order chi connectivity index (χ0) is 12.3. The molecule has 1 unspecified atom stereocenters. The monoisotopic (exact) mass is 236 g/mol. The van der Waals surface area contributed by atoms with Crippen LogP contribution in [-0.4, -0.2) is 27.7 Å². The number of nitrogens with zero attached hydrogens (tertiary/aromatic N) is 3. The van der Waals surface area contributed by atoms with E-state index in [0.717, 1.165) is 6.54 Å². The van der Waals surface area contributed by atoms with Crippen LogP contribution in [0.1, 0.15) is 25.6 Å². The van der Waals surface area contributed by atoms with E-state index in [1.54, 1.807) is 6.92 Å². The van der Waals surface area contributed by atoms with Crippen molar-refractivity contribution in [1.29, 1.82) is 0 Å². The lowest BCUT2D eigenvalue weighted by Crippen LogP contribution is -2.27. The summed E-state index contributed by atoms with van der Waals surface area (Å²) in [4.78, 5) is 8.42. The summed E-state index contributed by atoms with van der Waals surface area (Å²) in [5.74, 6) is 1.67. The average molecular weight is 236 g/mol.